The van der Waals surface area contributed by atoms with Crippen molar-refractivity contribution in [2.75, 3.05) is 5.32 Å². The molecule has 1 amide bonds. The Kier molecular flexibility index (Phi) is 5.89. The Hall–Kier alpha value is -3.03. The van der Waals surface area contributed by atoms with E-state index in [1.54, 1.807) is 10.9 Å². The number of benzene rings is 1. The molecule has 3 aromatic heterocycles. The first-order chi connectivity index (χ1) is 14.8. The number of anilines is 1. The van der Waals surface area contributed by atoms with Gasteiger partial charge in [0.15, 0.2) is 5.13 Å². The van der Waals surface area contributed by atoms with Crippen LogP contribution in [0.1, 0.15) is 42.3 Å². The maximum absolute atomic E-state index is 12.7. The van der Waals surface area contributed by atoms with Gasteiger partial charge in [-0.2, -0.15) is 5.10 Å². The molecule has 3 heterocycles. The number of pyridine rings is 1. The number of carbonyl (C=O) groups is 1. The normalized spacial score (nSPS) is 11.5. The first-order valence-corrected chi connectivity index (χ1v) is 11.1. The molecule has 0 aliphatic carbocycles. The first kappa shape index (κ1) is 21.2. The molecule has 4 aromatic rings. The highest BCUT2D eigenvalue weighted by atomic mass is 35.5. The maximum Gasteiger partial charge on any atom is 0.262 e. The summed E-state index contributed by atoms with van der Waals surface area (Å²) in [5, 5.41) is 9.72. The predicted molar refractivity (Wildman–Crippen MR) is 125 cm³/mol. The van der Waals surface area contributed by atoms with E-state index in [4.69, 9.17) is 11.6 Å². The molecule has 0 spiro atoms. The fourth-order valence-corrected chi connectivity index (χ4v) is 3.98. The average molecular weight is 452 g/mol. The molecule has 0 radical (unpaired) electrons. The molecule has 8 heteroatoms. The van der Waals surface area contributed by atoms with Gasteiger partial charge in [-0.1, -0.05) is 62.7 Å². The van der Waals surface area contributed by atoms with Crippen molar-refractivity contribution >= 4 is 34.0 Å². The van der Waals surface area contributed by atoms with Crippen LogP contribution in [0.25, 0.3) is 11.4 Å². The van der Waals surface area contributed by atoms with E-state index in [2.05, 4.69) is 41.2 Å². The summed E-state index contributed by atoms with van der Waals surface area (Å²) in [7, 11) is 0. The van der Waals surface area contributed by atoms with Gasteiger partial charge in [0.2, 0.25) is 0 Å². The summed E-state index contributed by atoms with van der Waals surface area (Å²) >= 11 is 7.75. The van der Waals surface area contributed by atoms with Crippen LogP contribution < -0.4 is 5.32 Å². The summed E-state index contributed by atoms with van der Waals surface area (Å²) in [5.74, 6) is -0.346. The van der Waals surface area contributed by atoms with Crippen LogP contribution in [0, 0.1) is 0 Å². The molecule has 0 saturated heterocycles. The lowest BCUT2D eigenvalue weighted by Crippen LogP contribution is -2.12. The molecule has 4 rings (SSSR count). The summed E-state index contributed by atoms with van der Waals surface area (Å²) in [6.45, 7) is 6.95. The topological polar surface area (TPSA) is 72.7 Å². The molecule has 0 bridgehead atoms. The second-order valence-corrected chi connectivity index (χ2v) is 9.38. The van der Waals surface area contributed by atoms with E-state index in [0.717, 1.165) is 17.0 Å². The van der Waals surface area contributed by atoms with Crippen LogP contribution in [-0.4, -0.2) is 25.7 Å². The van der Waals surface area contributed by atoms with E-state index in [-0.39, 0.29) is 16.5 Å². The van der Waals surface area contributed by atoms with Gasteiger partial charge in [-0.15, -0.1) is 11.3 Å². The second-order valence-electron chi connectivity index (χ2n) is 8.16. The zero-order valence-electron chi connectivity index (χ0n) is 17.5. The van der Waals surface area contributed by atoms with Gasteiger partial charge in [0.05, 0.1) is 24.0 Å². The summed E-state index contributed by atoms with van der Waals surface area (Å²) in [6, 6.07) is 13.9. The van der Waals surface area contributed by atoms with E-state index in [1.807, 2.05) is 47.8 Å². The summed E-state index contributed by atoms with van der Waals surface area (Å²) in [5.41, 5.74) is 4.04. The van der Waals surface area contributed by atoms with Crippen molar-refractivity contribution < 1.29 is 4.79 Å². The molecule has 0 saturated carbocycles. The minimum atomic E-state index is -0.346. The van der Waals surface area contributed by atoms with Gasteiger partial charge in [-0.25, -0.2) is 9.67 Å². The molecular weight excluding hydrogens is 430 g/mol. The van der Waals surface area contributed by atoms with Crippen LogP contribution in [-0.2, 0) is 12.0 Å². The van der Waals surface area contributed by atoms with Gasteiger partial charge < -0.3 is 0 Å². The molecule has 0 unspecified atom stereocenters. The van der Waals surface area contributed by atoms with Gasteiger partial charge in [0.25, 0.3) is 5.91 Å². The molecular formula is C23H22ClN5OS. The third-order valence-corrected chi connectivity index (χ3v) is 5.96. The lowest BCUT2D eigenvalue weighted by atomic mass is 9.87. The van der Waals surface area contributed by atoms with E-state index in [1.165, 1.54) is 23.1 Å². The van der Waals surface area contributed by atoms with Crippen molar-refractivity contribution in [3.05, 3.63) is 82.1 Å². The van der Waals surface area contributed by atoms with Crippen LogP contribution >= 0.6 is 22.9 Å². The Balaban J connectivity index is 1.49. The van der Waals surface area contributed by atoms with Crippen molar-refractivity contribution in [3.8, 4) is 11.4 Å². The van der Waals surface area contributed by atoms with Gasteiger partial charge in [0.1, 0.15) is 10.8 Å². The Bertz CT molecular complexity index is 1210. The Morgan fingerprint density at radius 3 is 2.68 bits per heavy atom. The highest BCUT2D eigenvalue weighted by Gasteiger charge is 2.19. The van der Waals surface area contributed by atoms with Crippen molar-refractivity contribution in [3.63, 3.8) is 0 Å². The van der Waals surface area contributed by atoms with Gasteiger partial charge >= 0.3 is 0 Å². The highest BCUT2D eigenvalue weighted by molar-refractivity contribution is 7.14. The number of thiazole rings is 1. The first-order valence-electron chi connectivity index (χ1n) is 9.80. The van der Waals surface area contributed by atoms with Gasteiger partial charge in [0, 0.05) is 11.6 Å². The van der Waals surface area contributed by atoms with Gasteiger partial charge in [-0.3, -0.25) is 15.1 Å². The lowest BCUT2D eigenvalue weighted by molar-refractivity contribution is 0.102. The number of aromatic nitrogens is 4. The molecule has 1 aromatic carbocycles. The predicted octanol–water partition coefficient (Wildman–Crippen LogP) is 5.65. The van der Waals surface area contributed by atoms with Crippen molar-refractivity contribution in [2.24, 2.45) is 0 Å². The molecule has 0 atom stereocenters. The highest BCUT2D eigenvalue weighted by Crippen LogP contribution is 2.28. The fourth-order valence-electron chi connectivity index (χ4n) is 3.04. The SMILES string of the molecule is CC(C)(C)c1ccnc(-c2csc(NC(=O)c3cnn(Cc4ccccc4)c3Cl)n2)c1. The minimum absolute atomic E-state index is 0.0153. The Morgan fingerprint density at radius 1 is 1.16 bits per heavy atom. The fraction of sp³-hybridized carbons (Fsp3) is 0.217. The van der Waals surface area contributed by atoms with E-state index >= 15 is 0 Å². The maximum atomic E-state index is 12.7. The number of rotatable bonds is 5. The summed E-state index contributed by atoms with van der Waals surface area (Å²) in [4.78, 5) is 21.7. The standard InChI is InChI=1S/C23H22ClN5OS/c1-23(2,3)16-9-10-25-18(11-16)19-14-31-22(27-19)28-21(30)17-12-26-29(20(17)24)13-15-7-5-4-6-8-15/h4-12,14H,13H2,1-3H3,(H,27,28,30). The zero-order chi connectivity index (χ0) is 22.0. The smallest absolute Gasteiger partial charge is 0.262 e. The van der Waals surface area contributed by atoms with Crippen LogP contribution in [0.3, 0.4) is 0 Å². The van der Waals surface area contributed by atoms with Crippen molar-refractivity contribution in [1.29, 1.82) is 0 Å². The summed E-state index contributed by atoms with van der Waals surface area (Å²) in [6.07, 6.45) is 3.26. The minimum Gasteiger partial charge on any atom is -0.298 e. The summed E-state index contributed by atoms with van der Waals surface area (Å²) < 4.78 is 1.60. The Labute approximate surface area is 189 Å². The quantitative estimate of drug-likeness (QED) is 0.425. The van der Waals surface area contributed by atoms with Crippen LogP contribution in [0.4, 0.5) is 5.13 Å². The molecule has 0 aliphatic rings. The lowest BCUT2D eigenvalue weighted by Gasteiger charge is -2.18. The monoisotopic (exact) mass is 451 g/mol. The van der Waals surface area contributed by atoms with Gasteiger partial charge in [-0.05, 0) is 28.7 Å². The molecule has 31 heavy (non-hydrogen) atoms. The van der Waals surface area contributed by atoms with E-state index in [9.17, 15) is 4.79 Å². The molecule has 1 N–H and O–H groups in total. The van der Waals surface area contributed by atoms with E-state index < -0.39 is 0 Å². The largest absolute Gasteiger partial charge is 0.298 e. The second kappa shape index (κ2) is 8.61. The van der Waals surface area contributed by atoms with Crippen LogP contribution in [0.2, 0.25) is 5.15 Å². The van der Waals surface area contributed by atoms with Crippen LogP contribution in [0.15, 0.2) is 60.2 Å². The molecule has 6 nitrogen and oxygen atoms in total. The Morgan fingerprint density at radius 2 is 1.94 bits per heavy atom. The third-order valence-electron chi connectivity index (χ3n) is 4.81. The zero-order valence-corrected chi connectivity index (χ0v) is 19.0. The average Bonchev–Trinajstić information content (AvgIpc) is 3.35. The number of hydrogen-bond acceptors (Lipinski definition) is 5. The number of nitrogens with zero attached hydrogens (tertiary/aromatic N) is 4. The molecule has 0 fully saturated rings. The molecule has 0 aliphatic heterocycles. The van der Waals surface area contributed by atoms with Crippen molar-refractivity contribution in [2.45, 2.75) is 32.7 Å². The van der Waals surface area contributed by atoms with Crippen molar-refractivity contribution in [1.82, 2.24) is 19.7 Å². The number of carbonyl (C=O) groups excluding carboxylic acids is 1. The number of hydrogen-bond donors (Lipinski definition) is 1. The number of halogens is 1. The molecule has 158 valence electrons. The number of nitrogens with one attached hydrogen (secondary N) is 1. The third kappa shape index (κ3) is 4.84. The number of amides is 1. The van der Waals surface area contributed by atoms with E-state index in [0.29, 0.717) is 17.2 Å². The van der Waals surface area contributed by atoms with Crippen LogP contribution in [0.5, 0.6) is 0 Å².